The van der Waals surface area contributed by atoms with Crippen LogP contribution in [0.15, 0.2) is 0 Å². The van der Waals surface area contributed by atoms with Crippen LogP contribution in [-0.4, -0.2) is 56.9 Å². The van der Waals surface area contributed by atoms with Crippen molar-refractivity contribution in [3.05, 3.63) is 0 Å². The van der Waals surface area contributed by atoms with Gasteiger partial charge in [0, 0.05) is 18.8 Å². The number of rotatable bonds is 9. The quantitative estimate of drug-likeness (QED) is 0.349. The molecule has 0 spiro atoms. The van der Waals surface area contributed by atoms with Gasteiger partial charge in [0.2, 0.25) is 0 Å². The summed E-state index contributed by atoms with van der Waals surface area (Å²) in [5.41, 5.74) is 0. The number of hydrogen-bond donors (Lipinski definition) is 0. The number of epoxide rings is 2. The molecular weight excluding hydrogens is 316 g/mol. The molecule has 24 heavy (non-hydrogen) atoms. The van der Waals surface area contributed by atoms with Crippen molar-refractivity contribution < 1.29 is 33.3 Å². The van der Waals surface area contributed by atoms with Gasteiger partial charge in [-0.2, -0.15) is 0 Å². The summed E-state index contributed by atoms with van der Waals surface area (Å²) in [6, 6.07) is 0. The van der Waals surface area contributed by atoms with E-state index in [0.717, 1.165) is 25.9 Å². The first-order valence-electron chi connectivity index (χ1n) is 8.69. The minimum absolute atomic E-state index is 0.214. The average Bonchev–Trinajstić information content (AvgIpc) is 3.48. The second-order valence-electron chi connectivity index (χ2n) is 6.74. The van der Waals surface area contributed by atoms with Crippen LogP contribution in [-0.2, 0) is 33.3 Å². The van der Waals surface area contributed by atoms with E-state index < -0.39 is 11.8 Å². The average molecular weight is 340 g/mol. The maximum atomic E-state index is 12.1. The number of hydrogen-bond acceptors (Lipinski definition) is 7. The molecule has 5 atom stereocenters. The zero-order valence-corrected chi connectivity index (χ0v) is 13.7. The van der Waals surface area contributed by atoms with Gasteiger partial charge >= 0.3 is 11.9 Å². The molecule has 134 valence electrons. The zero-order chi connectivity index (χ0) is 16.9. The molecule has 2 saturated heterocycles. The molecule has 5 unspecified atom stereocenters. The van der Waals surface area contributed by atoms with Crippen LogP contribution in [0.1, 0.15) is 32.1 Å². The van der Waals surface area contributed by atoms with E-state index in [9.17, 15) is 14.4 Å². The number of ether oxygens (including phenoxy) is 4. The molecule has 0 bridgehead atoms. The molecule has 2 aliphatic heterocycles. The lowest BCUT2D eigenvalue weighted by molar-refractivity contribution is -0.158. The summed E-state index contributed by atoms with van der Waals surface area (Å²) in [5, 5.41) is 0. The minimum Gasteiger partial charge on any atom is -0.465 e. The largest absolute Gasteiger partial charge is 0.465 e. The van der Waals surface area contributed by atoms with E-state index in [1.165, 1.54) is 0 Å². The van der Waals surface area contributed by atoms with Crippen LogP contribution < -0.4 is 0 Å². The second kappa shape index (κ2) is 8.07. The Kier molecular flexibility index (Phi) is 5.84. The molecule has 3 aliphatic rings. The molecule has 0 radical (unpaired) electrons. The zero-order valence-electron chi connectivity index (χ0n) is 13.7. The van der Waals surface area contributed by atoms with Gasteiger partial charge < -0.3 is 23.7 Å². The Morgan fingerprint density at radius 1 is 0.958 bits per heavy atom. The van der Waals surface area contributed by atoms with E-state index in [-0.39, 0.29) is 30.1 Å². The molecule has 0 N–H and O–H groups in total. The number of aldehydes is 1. The summed E-state index contributed by atoms with van der Waals surface area (Å²) in [6.07, 6.45) is 4.01. The third-order valence-corrected chi connectivity index (χ3v) is 4.88. The third kappa shape index (κ3) is 5.01. The Balaban J connectivity index is 1.40. The summed E-state index contributed by atoms with van der Waals surface area (Å²) < 4.78 is 20.6. The molecule has 0 aromatic heterocycles. The van der Waals surface area contributed by atoms with Crippen LogP contribution in [0.4, 0.5) is 0 Å². The number of carbonyl (C=O) groups is 3. The van der Waals surface area contributed by atoms with Crippen LogP contribution >= 0.6 is 0 Å². The van der Waals surface area contributed by atoms with Gasteiger partial charge in [0.25, 0.3) is 0 Å². The molecule has 7 nitrogen and oxygen atoms in total. The van der Waals surface area contributed by atoms with E-state index in [1.54, 1.807) is 0 Å². The fraction of sp³-hybridized carbons (Fsp3) is 0.824. The summed E-state index contributed by atoms with van der Waals surface area (Å²) in [6.45, 7) is 2.14. The topological polar surface area (TPSA) is 94.7 Å². The van der Waals surface area contributed by atoms with Crippen molar-refractivity contribution in [2.45, 2.75) is 44.3 Å². The summed E-state index contributed by atoms with van der Waals surface area (Å²) in [7, 11) is 0. The van der Waals surface area contributed by atoms with Gasteiger partial charge in [-0.15, -0.1) is 0 Å². The van der Waals surface area contributed by atoms with Crippen LogP contribution in [0.5, 0.6) is 0 Å². The molecule has 0 aromatic carbocycles. The third-order valence-electron chi connectivity index (χ3n) is 4.88. The van der Waals surface area contributed by atoms with Crippen LogP contribution in [0.3, 0.4) is 0 Å². The molecular formula is C17H24O7. The normalized spacial score (nSPS) is 34.2. The first-order valence-corrected chi connectivity index (χ1v) is 8.69. The molecule has 1 aliphatic carbocycles. The Morgan fingerprint density at radius 2 is 1.54 bits per heavy atom. The number of esters is 2. The second-order valence-corrected chi connectivity index (χ2v) is 6.74. The fourth-order valence-corrected chi connectivity index (χ4v) is 3.14. The first kappa shape index (κ1) is 17.4. The number of carbonyl (C=O) groups excluding carboxylic acids is 3. The van der Waals surface area contributed by atoms with Gasteiger partial charge in [0.1, 0.15) is 6.29 Å². The predicted molar refractivity (Wildman–Crippen MR) is 81.0 cm³/mol. The van der Waals surface area contributed by atoms with E-state index in [1.807, 2.05) is 0 Å². The highest BCUT2D eigenvalue weighted by Crippen LogP contribution is 2.34. The Labute approximate surface area is 140 Å². The standard InChI is InChI=1S/C17H24O7/c18-8-12-7-11(16(19)21-5-3-13-9-23-13)1-2-15(12)17(20)22-6-4-14-10-24-14/h8,11-15H,1-7,9-10H2. The van der Waals surface area contributed by atoms with Crippen molar-refractivity contribution in [3.63, 3.8) is 0 Å². The maximum Gasteiger partial charge on any atom is 0.309 e. The highest BCUT2D eigenvalue weighted by Gasteiger charge is 2.39. The van der Waals surface area contributed by atoms with Gasteiger partial charge in [0.05, 0.1) is 50.5 Å². The highest BCUT2D eigenvalue weighted by molar-refractivity contribution is 5.79. The lowest BCUT2D eigenvalue weighted by atomic mass is 9.74. The molecule has 2 heterocycles. The summed E-state index contributed by atoms with van der Waals surface area (Å²) >= 11 is 0. The van der Waals surface area contributed by atoms with Crippen molar-refractivity contribution >= 4 is 18.2 Å². The minimum atomic E-state index is -0.479. The van der Waals surface area contributed by atoms with Crippen molar-refractivity contribution in [2.75, 3.05) is 26.4 Å². The molecule has 0 aromatic rings. The first-order chi connectivity index (χ1) is 11.7. The lowest BCUT2D eigenvalue weighted by Gasteiger charge is -2.30. The van der Waals surface area contributed by atoms with Crippen molar-refractivity contribution in [3.8, 4) is 0 Å². The van der Waals surface area contributed by atoms with E-state index >= 15 is 0 Å². The lowest BCUT2D eigenvalue weighted by Crippen LogP contribution is -2.36. The summed E-state index contributed by atoms with van der Waals surface area (Å²) in [4.78, 5) is 35.6. The van der Waals surface area contributed by atoms with Crippen LogP contribution in [0.2, 0.25) is 0 Å². The molecule has 7 heteroatoms. The molecule has 3 rings (SSSR count). The van der Waals surface area contributed by atoms with Gasteiger partial charge in [-0.25, -0.2) is 0 Å². The van der Waals surface area contributed by atoms with Crippen molar-refractivity contribution in [1.82, 2.24) is 0 Å². The molecule has 3 fully saturated rings. The fourth-order valence-electron chi connectivity index (χ4n) is 3.14. The maximum absolute atomic E-state index is 12.1. The monoisotopic (exact) mass is 340 g/mol. The molecule has 0 amide bonds. The van der Waals surface area contributed by atoms with Gasteiger partial charge in [-0.1, -0.05) is 0 Å². The highest BCUT2D eigenvalue weighted by atomic mass is 16.6. The van der Waals surface area contributed by atoms with E-state index in [4.69, 9.17) is 18.9 Å². The van der Waals surface area contributed by atoms with Crippen molar-refractivity contribution in [1.29, 1.82) is 0 Å². The van der Waals surface area contributed by atoms with E-state index in [0.29, 0.717) is 38.9 Å². The molecule has 1 saturated carbocycles. The van der Waals surface area contributed by atoms with Crippen LogP contribution in [0.25, 0.3) is 0 Å². The summed E-state index contributed by atoms with van der Waals surface area (Å²) in [5.74, 6) is -1.87. The predicted octanol–water partition coefficient (Wildman–Crippen LogP) is 0.882. The smallest absolute Gasteiger partial charge is 0.309 e. The van der Waals surface area contributed by atoms with Gasteiger partial charge in [0.15, 0.2) is 0 Å². The van der Waals surface area contributed by atoms with Gasteiger partial charge in [-0.05, 0) is 19.3 Å². The SMILES string of the molecule is O=CC1CC(C(=O)OCCC2CO2)CCC1C(=O)OCCC1CO1. The van der Waals surface area contributed by atoms with Crippen LogP contribution in [0, 0.1) is 17.8 Å². The van der Waals surface area contributed by atoms with E-state index in [2.05, 4.69) is 0 Å². The van der Waals surface area contributed by atoms with Gasteiger partial charge in [-0.3, -0.25) is 9.59 Å². The Hall–Kier alpha value is -1.47. The van der Waals surface area contributed by atoms with Crippen molar-refractivity contribution in [2.24, 2.45) is 17.8 Å². The Morgan fingerprint density at radius 3 is 2.08 bits per heavy atom. The Bertz CT molecular complexity index is 470.